The molecule has 626 valence electrons. The lowest BCUT2D eigenvalue weighted by atomic mass is 9.85. The van der Waals surface area contributed by atoms with E-state index in [4.69, 9.17) is 44.6 Å². The third-order valence-corrected chi connectivity index (χ3v) is 22.6. The molecule has 2 heterocycles. The number of hydrogen-bond acceptors (Lipinski definition) is 20. The second-order valence-corrected chi connectivity index (χ2v) is 34.4. The number of hydrogen-bond donors (Lipinski definition) is 25. The summed E-state index contributed by atoms with van der Waals surface area (Å²) in [5.74, 6) is -13.7. The molecule has 12 atom stereocenters. The van der Waals surface area contributed by atoms with Crippen molar-refractivity contribution in [3.05, 3.63) is 83.2 Å². The van der Waals surface area contributed by atoms with Gasteiger partial charge in [0.2, 0.25) is 65.0 Å². The molecule has 11 amide bonds. The number of carbonyl (C=O) groups excluding carboxylic acids is 11. The highest BCUT2D eigenvalue weighted by atomic mass is 33.1. The summed E-state index contributed by atoms with van der Waals surface area (Å²) in [4.78, 5) is 176. The fraction of sp³-hybridized carbons (Fsp3) is 0.541. The molecule has 0 unspecified atom stereocenters. The number of thiophene rings is 1. The summed E-state index contributed by atoms with van der Waals surface area (Å²) >= 11 is 1.35. The van der Waals surface area contributed by atoms with Crippen LogP contribution < -0.4 is 103 Å². The average molecular weight is 1650 g/mol. The van der Waals surface area contributed by atoms with Gasteiger partial charge in [-0.1, -0.05) is 124 Å². The van der Waals surface area contributed by atoms with Crippen LogP contribution in [-0.2, 0) is 70.4 Å². The van der Waals surface area contributed by atoms with Crippen LogP contribution >= 0.6 is 32.9 Å². The Morgan fingerprint density at radius 2 is 1.03 bits per heavy atom. The van der Waals surface area contributed by atoms with Crippen molar-refractivity contribution in [1.29, 1.82) is 21.6 Å². The number of nitrogens with one attached hydrogen (secondary N) is 19. The molecule has 1 aliphatic rings. The number of nitrogens with two attached hydrogens (primary N) is 4. The maximum Gasteiger partial charge on any atom is 0.326 e. The SMILES string of the molecule is CC(=O)N[C@H]1CSSC(C)(C)[C@@H](C(=O)N[C@H](C(=O)N[C@H](C(=O)N[C@@H](CCCNC(=N)N)C(=O)N[C@H](C(=O)O)C(C)(C)C)[C@@H](C)O)C(C)(C)C)NC(=O)[C@H](Cc2csc3ccccc23)NC(=O)[C@H](Cc2ccc3ccccc3c2)NC(=O)[C@H](CCCNC(=N)N)NC(=O)[C@H](CCCNC(=N)N)NC(=O)[C@@H](CCCNC(=N)N)NC1=O. The molecule has 3 aromatic carbocycles. The van der Waals surface area contributed by atoms with Gasteiger partial charge in [-0.2, -0.15) is 0 Å². The van der Waals surface area contributed by atoms with Gasteiger partial charge in [-0.25, -0.2) is 4.79 Å². The van der Waals surface area contributed by atoms with E-state index in [2.05, 4.69) is 79.8 Å². The van der Waals surface area contributed by atoms with Crippen molar-refractivity contribution in [2.45, 2.75) is 211 Å². The van der Waals surface area contributed by atoms with Crippen molar-refractivity contribution in [2.75, 3.05) is 31.9 Å². The lowest BCUT2D eigenvalue weighted by Gasteiger charge is -2.38. The van der Waals surface area contributed by atoms with Gasteiger partial charge in [0.1, 0.15) is 66.5 Å². The van der Waals surface area contributed by atoms with Crippen LogP contribution in [0.25, 0.3) is 20.9 Å². The monoisotopic (exact) mass is 1640 g/mol. The zero-order chi connectivity index (χ0) is 84.9. The lowest BCUT2D eigenvalue weighted by molar-refractivity contribution is -0.145. The van der Waals surface area contributed by atoms with Gasteiger partial charge in [0.25, 0.3) is 0 Å². The predicted octanol–water partition coefficient (Wildman–Crippen LogP) is -1.02. The molecule has 0 saturated carbocycles. The van der Waals surface area contributed by atoms with Gasteiger partial charge in [-0.3, -0.25) is 74.4 Å². The van der Waals surface area contributed by atoms with Gasteiger partial charge in [-0.15, -0.1) is 11.3 Å². The van der Waals surface area contributed by atoms with E-state index in [0.717, 1.165) is 44.0 Å². The lowest BCUT2D eigenvalue weighted by Crippen LogP contribution is -2.66. The van der Waals surface area contributed by atoms with Crippen LogP contribution in [0.4, 0.5) is 0 Å². The summed E-state index contributed by atoms with van der Waals surface area (Å²) in [6.45, 7) is 15.0. The van der Waals surface area contributed by atoms with E-state index in [1.165, 1.54) is 18.3 Å². The first-order valence-electron chi connectivity index (χ1n) is 37.2. The molecule has 0 aliphatic carbocycles. The fourth-order valence-electron chi connectivity index (χ4n) is 12.2. The van der Waals surface area contributed by atoms with Crippen LogP contribution in [-0.4, -0.2) is 214 Å². The summed E-state index contributed by atoms with van der Waals surface area (Å²) in [6, 6.07) is 2.62. The Morgan fingerprint density at radius 1 is 0.561 bits per heavy atom. The van der Waals surface area contributed by atoms with Crippen molar-refractivity contribution in [3.8, 4) is 0 Å². The minimum Gasteiger partial charge on any atom is -0.480 e. The molecular formula is C74H113N23O14S3. The van der Waals surface area contributed by atoms with Gasteiger partial charge < -0.3 is 113 Å². The smallest absolute Gasteiger partial charge is 0.326 e. The fourth-order valence-corrected chi connectivity index (χ4v) is 16.0. The van der Waals surface area contributed by atoms with Crippen LogP contribution in [0.5, 0.6) is 0 Å². The number of aliphatic hydroxyl groups is 1. The Bertz CT molecular complexity index is 4110. The normalized spacial score (nSPS) is 20.3. The highest BCUT2D eigenvalue weighted by Crippen LogP contribution is 2.39. The van der Waals surface area contributed by atoms with Gasteiger partial charge in [0.05, 0.1) is 6.10 Å². The van der Waals surface area contributed by atoms with E-state index in [-0.39, 0.29) is 102 Å². The second kappa shape index (κ2) is 44.1. The maximum absolute atomic E-state index is 15.9. The minimum atomic E-state index is -1.87. The highest BCUT2D eigenvalue weighted by Gasteiger charge is 2.45. The number of carboxylic acid groups (broad SMARTS) is 1. The number of amides is 11. The molecule has 1 aliphatic heterocycles. The molecule has 29 N–H and O–H groups in total. The van der Waals surface area contributed by atoms with Gasteiger partial charge in [-0.05, 0) is 122 Å². The summed E-state index contributed by atoms with van der Waals surface area (Å²) in [7, 11) is 1.87. The van der Waals surface area contributed by atoms with E-state index in [1.807, 2.05) is 54.6 Å². The number of carbonyl (C=O) groups is 12. The third kappa shape index (κ3) is 30.6. The highest BCUT2D eigenvalue weighted by molar-refractivity contribution is 8.77. The molecule has 114 heavy (non-hydrogen) atoms. The third-order valence-electron chi connectivity index (χ3n) is 18.3. The molecule has 4 aromatic rings. The van der Waals surface area contributed by atoms with Crippen LogP contribution in [0.1, 0.15) is 132 Å². The largest absolute Gasteiger partial charge is 0.480 e. The first-order valence-corrected chi connectivity index (χ1v) is 40.4. The maximum atomic E-state index is 15.9. The van der Waals surface area contributed by atoms with Gasteiger partial charge in [0, 0.05) is 61.1 Å². The van der Waals surface area contributed by atoms with Crippen molar-refractivity contribution in [3.63, 3.8) is 0 Å². The van der Waals surface area contributed by atoms with Crippen LogP contribution in [0.3, 0.4) is 0 Å². The molecule has 5 rings (SSSR count). The topological polar surface area (TPSA) is 625 Å². The Morgan fingerprint density at radius 3 is 1.53 bits per heavy atom. The first kappa shape index (κ1) is 93.9. The molecule has 40 heteroatoms. The minimum absolute atomic E-state index is 0.0189. The molecule has 1 aromatic heterocycles. The Labute approximate surface area is 673 Å². The predicted molar refractivity (Wildman–Crippen MR) is 439 cm³/mol. The van der Waals surface area contributed by atoms with E-state index in [0.29, 0.717) is 16.5 Å². The van der Waals surface area contributed by atoms with Crippen molar-refractivity contribution < 1.29 is 67.7 Å². The van der Waals surface area contributed by atoms with Crippen LogP contribution in [0, 0.1) is 32.5 Å². The summed E-state index contributed by atoms with van der Waals surface area (Å²) in [6.07, 6.45) is -2.53. The molecule has 0 radical (unpaired) electrons. The quantitative estimate of drug-likeness (QED) is 0.0124. The summed E-state index contributed by atoms with van der Waals surface area (Å²) < 4.78 is -0.784. The summed E-state index contributed by atoms with van der Waals surface area (Å²) in [5, 5.41) is 96.6. The number of benzene rings is 3. The molecule has 1 fully saturated rings. The number of carboxylic acids is 1. The van der Waals surface area contributed by atoms with Crippen molar-refractivity contribution in [1.82, 2.24) is 79.8 Å². The summed E-state index contributed by atoms with van der Waals surface area (Å²) in [5.41, 5.74) is 21.1. The van der Waals surface area contributed by atoms with E-state index >= 15 is 24.0 Å². The number of aliphatic hydroxyl groups excluding tert-OH is 1. The molecule has 37 nitrogen and oxygen atoms in total. The number of rotatable bonds is 31. The average Bonchev–Trinajstić information content (AvgIpc) is 1.41. The zero-order valence-electron chi connectivity index (χ0n) is 65.8. The van der Waals surface area contributed by atoms with Gasteiger partial charge in [0.15, 0.2) is 23.8 Å². The Kier molecular flexibility index (Phi) is 36.3. The number of fused-ring (bicyclic) bond motifs is 2. The number of aliphatic carboxylic acids is 1. The van der Waals surface area contributed by atoms with Gasteiger partial charge >= 0.3 is 5.97 Å². The standard InChI is InChI=1S/C74H113N23O14S3/c1-38(98)53(64(107)91-48(25-18-32-86-71(81)82)60(103)97-56(67(110)111)73(6,7)8)94-65(108)54(72(3,4)5)95-66(109)55-74(9,10)114-113-37-51(87-39(2)99)63(106)90-46(23-16-30-84-69(77)78)58(101)88-45(22-15-29-83-68(75)76)57(100)89-47(24-17-31-85-70(79)80)59(102)92-49(34-40-27-28-41-19-11-12-20-42(41)33-40)61(104)93-50(62(105)96-55)35-43-36-112-52-26-14-13-21-44(43)52/h11-14,19-21,26-28,33,36,38,45-51,53-56,98H,15-18,22-25,29-32,34-35,37H2,1-10H3,(H,87,99)(H,88,101)(H,89,100)(H,90,106)(H,91,107)(H,92,102)(H,93,104)(H,94,108)(H,95,109)(H,96,105)(H,97,103)(H,110,111)(H4,75,76,83)(H4,77,78,84)(H4,79,80,85)(H4,81,82,86)/t38-,45+,46-,47+,48+,49+,50+,51+,53+,54-,55-,56-/m1/s1. The van der Waals surface area contributed by atoms with E-state index in [1.54, 1.807) is 72.9 Å². The Balaban J connectivity index is 1.72. The van der Waals surface area contributed by atoms with Crippen LogP contribution in [0.15, 0.2) is 72.1 Å². The molecule has 0 bridgehead atoms. The second-order valence-electron chi connectivity index (χ2n) is 30.5. The van der Waals surface area contributed by atoms with Crippen LogP contribution in [0.2, 0.25) is 0 Å². The molecule has 1 saturated heterocycles. The van der Waals surface area contributed by atoms with E-state index in [9.17, 15) is 43.8 Å². The van der Waals surface area contributed by atoms with E-state index < -0.39 is 177 Å². The zero-order valence-corrected chi connectivity index (χ0v) is 68.2. The Hall–Kier alpha value is -10.7. The molecular weight excluding hydrogens is 1530 g/mol. The van der Waals surface area contributed by atoms with Crippen molar-refractivity contribution in [2.24, 2.45) is 33.8 Å². The first-order chi connectivity index (χ1) is 53.4. The van der Waals surface area contributed by atoms with Crippen molar-refractivity contribution >= 4 is 149 Å². The number of guanidine groups is 4. The molecule has 0 spiro atoms.